The molecule has 0 bridgehead atoms. The number of alkyl halides is 3. The molecular weight excluding hydrogens is 401 g/mol. The molecule has 0 saturated carbocycles. The number of nitrogens with one attached hydrogen (secondary N) is 1. The number of nitriles is 1. The van der Waals surface area contributed by atoms with Gasteiger partial charge in [0.05, 0.1) is 29.5 Å². The van der Waals surface area contributed by atoms with E-state index in [1.165, 1.54) is 37.4 Å². The van der Waals surface area contributed by atoms with E-state index in [0.717, 1.165) is 18.2 Å². The maximum Gasteiger partial charge on any atom is 0.416 e. The molecule has 2 N–H and O–H groups in total. The Morgan fingerprint density at radius 2 is 1.73 bits per heavy atom. The van der Waals surface area contributed by atoms with Crippen LogP contribution >= 0.6 is 0 Å². The lowest BCUT2D eigenvalue weighted by Crippen LogP contribution is -2.15. The number of carbonyl (C=O) groups is 2. The molecule has 152 valence electrons. The van der Waals surface area contributed by atoms with Crippen molar-refractivity contribution in [1.82, 2.24) is 0 Å². The second-order valence-electron chi connectivity index (χ2n) is 6.24. The average Bonchev–Trinajstić information content (AvgIpc) is 2.71. The van der Waals surface area contributed by atoms with Crippen molar-refractivity contribution in [2.45, 2.75) is 6.18 Å². The maximum absolute atomic E-state index is 12.8. The van der Waals surface area contributed by atoms with Crippen molar-refractivity contribution in [3.05, 3.63) is 70.8 Å². The molecule has 9 heteroatoms. The Morgan fingerprint density at radius 3 is 2.33 bits per heavy atom. The van der Waals surface area contributed by atoms with Crippen molar-refractivity contribution in [2.75, 3.05) is 12.4 Å². The zero-order valence-corrected chi connectivity index (χ0v) is 15.4. The molecule has 0 aliphatic heterocycles. The standard InChI is InChI=1S/C21H13F3N2O4/c1-30-18-9-17(16(20(28)29)8-14(18)10-25)26-19(27)13-3-2-12-7-15(21(22,23)24)5-4-11(12)6-13/h2-9H,1H3,(H,26,27)(H,28,29). The lowest BCUT2D eigenvalue weighted by Gasteiger charge is -2.12. The maximum atomic E-state index is 12.8. The van der Waals surface area contributed by atoms with Crippen LogP contribution in [0.4, 0.5) is 18.9 Å². The van der Waals surface area contributed by atoms with Crippen LogP contribution < -0.4 is 10.1 Å². The highest BCUT2D eigenvalue weighted by atomic mass is 19.4. The van der Waals surface area contributed by atoms with Crippen molar-refractivity contribution in [3.8, 4) is 11.8 Å². The minimum atomic E-state index is -4.48. The van der Waals surface area contributed by atoms with Gasteiger partial charge in [0.1, 0.15) is 11.8 Å². The van der Waals surface area contributed by atoms with Crippen molar-refractivity contribution in [2.24, 2.45) is 0 Å². The van der Waals surface area contributed by atoms with Gasteiger partial charge in [-0.15, -0.1) is 0 Å². The normalized spacial score (nSPS) is 11.0. The van der Waals surface area contributed by atoms with Gasteiger partial charge in [-0.25, -0.2) is 4.79 Å². The summed E-state index contributed by atoms with van der Waals surface area (Å²) in [7, 11) is 1.29. The largest absolute Gasteiger partial charge is 0.495 e. The molecule has 3 rings (SSSR count). The van der Waals surface area contributed by atoms with E-state index in [0.29, 0.717) is 10.8 Å². The van der Waals surface area contributed by atoms with Crippen molar-refractivity contribution < 1.29 is 32.6 Å². The molecule has 0 aliphatic carbocycles. The van der Waals surface area contributed by atoms with Gasteiger partial charge in [0.25, 0.3) is 5.91 Å². The summed E-state index contributed by atoms with van der Waals surface area (Å²) in [5.41, 5.74) is -1.10. The molecule has 3 aromatic carbocycles. The molecule has 6 nitrogen and oxygen atoms in total. The van der Waals surface area contributed by atoms with Crippen LogP contribution in [0.15, 0.2) is 48.5 Å². The molecule has 30 heavy (non-hydrogen) atoms. The second kappa shape index (κ2) is 7.75. The number of nitrogens with zero attached hydrogens (tertiary/aromatic N) is 1. The number of aromatic carboxylic acids is 1. The molecule has 1 amide bonds. The third-order valence-electron chi connectivity index (χ3n) is 4.37. The number of hydrogen-bond acceptors (Lipinski definition) is 4. The van der Waals surface area contributed by atoms with Gasteiger partial charge in [0, 0.05) is 11.6 Å². The Morgan fingerprint density at radius 1 is 1.07 bits per heavy atom. The van der Waals surface area contributed by atoms with Gasteiger partial charge >= 0.3 is 12.1 Å². The van der Waals surface area contributed by atoms with Crippen LogP contribution in [-0.2, 0) is 6.18 Å². The van der Waals surface area contributed by atoms with Gasteiger partial charge in [-0.05, 0) is 41.1 Å². The minimum Gasteiger partial charge on any atom is -0.495 e. The number of hydrogen-bond donors (Lipinski definition) is 2. The minimum absolute atomic E-state index is 0.0147. The van der Waals surface area contributed by atoms with E-state index in [9.17, 15) is 27.9 Å². The Labute approximate surface area is 168 Å². The molecular formula is C21H13F3N2O4. The van der Waals surface area contributed by atoms with Gasteiger partial charge in [0.2, 0.25) is 0 Å². The van der Waals surface area contributed by atoms with Crippen LogP contribution in [0.5, 0.6) is 5.75 Å². The van der Waals surface area contributed by atoms with Gasteiger partial charge in [-0.3, -0.25) is 4.79 Å². The van der Waals surface area contributed by atoms with Gasteiger partial charge in [-0.1, -0.05) is 12.1 Å². The molecule has 0 saturated heterocycles. The first-order valence-corrected chi connectivity index (χ1v) is 8.42. The van der Waals surface area contributed by atoms with E-state index in [2.05, 4.69) is 5.32 Å². The molecule has 0 spiro atoms. The van der Waals surface area contributed by atoms with Crippen LogP contribution in [0.2, 0.25) is 0 Å². The molecule has 0 radical (unpaired) electrons. The molecule has 0 unspecified atom stereocenters. The topological polar surface area (TPSA) is 99.4 Å². The third kappa shape index (κ3) is 4.03. The lowest BCUT2D eigenvalue weighted by atomic mass is 10.0. The van der Waals surface area contributed by atoms with Crippen molar-refractivity contribution in [1.29, 1.82) is 5.26 Å². The summed E-state index contributed by atoms with van der Waals surface area (Å²) in [4.78, 5) is 24.1. The number of fused-ring (bicyclic) bond motifs is 1. The number of amides is 1. The number of rotatable bonds is 4. The SMILES string of the molecule is COc1cc(NC(=O)c2ccc3cc(C(F)(F)F)ccc3c2)c(C(=O)O)cc1C#N. The summed E-state index contributed by atoms with van der Waals surface area (Å²) >= 11 is 0. The molecule has 3 aromatic rings. The van der Waals surface area contributed by atoms with E-state index in [1.54, 1.807) is 0 Å². The number of carboxylic acids is 1. The highest BCUT2D eigenvalue weighted by molar-refractivity contribution is 6.09. The fourth-order valence-corrected chi connectivity index (χ4v) is 2.87. The van der Waals surface area contributed by atoms with Gasteiger partial charge < -0.3 is 15.2 Å². The number of anilines is 1. The molecule has 0 atom stereocenters. The van der Waals surface area contributed by atoms with E-state index in [4.69, 9.17) is 10.00 Å². The van der Waals surface area contributed by atoms with Crippen molar-refractivity contribution >= 4 is 28.3 Å². The summed E-state index contributed by atoms with van der Waals surface area (Å²) in [6.45, 7) is 0. The fraction of sp³-hybridized carbons (Fsp3) is 0.0952. The van der Waals surface area contributed by atoms with Crippen LogP contribution in [0.25, 0.3) is 10.8 Å². The lowest BCUT2D eigenvalue weighted by molar-refractivity contribution is -0.137. The number of halogens is 3. The molecule has 0 fully saturated rings. The van der Waals surface area contributed by atoms with E-state index in [1.807, 2.05) is 6.07 Å². The summed E-state index contributed by atoms with van der Waals surface area (Å²) in [6.07, 6.45) is -4.48. The number of ether oxygens (including phenoxy) is 1. The Balaban J connectivity index is 1.97. The van der Waals surface area contributed by atoms with Crippen LogP contribution in [-0.4, -0.2) is 24.1 Å². The molecule has 0 heterocycles. The van der Waals surface area contributed by atoms with Gasteiger partial charge in [-0.2, -0.15) is 18.4 Å². The zero-order valence-electron chi connectivity index (χ0n) is 15.4. The first-order chi connectivity index (χ1) is 14.1. The van der Waals surface area contributed by atoms with Gasteiger partial charge in [0.15, 0.2) is 0 Å². The highest BCUT2D eigenvalue weighted by Crippen LogP contribution is 2.32. The Bertz CT molecular complexity index is 1210. The number of carboxylic acid groups (broad SMARTS) is 1. The first kappa shape index (κ1) is 20.7. The monoisotopic (exact) mass is 414 g/mol. The van der Waals surface area contributed by atoms with Crippen LogP contribution in [0, 0.1) is 11.3 Å². The average molecular weight is 414 g/mol. The zero-order chi connectivity index (χ0) is 22.1. The quantitative estimate of drug-likeness (QED) is 0.645. The first-order valence-electron chi connectivity index (χ1n) is 8.42. The molecule has 0 aliphatic rings. The Kier molecular flexibility index (Phi) is 5.34. The molecule has 0 aromatic heterocycles. The predicted molar refractivity (Wildman–Crippen MR) is 102 cm³/mol. The number of carbonyl (C=O) groups excluding carboxylic acids is 1. The predicted octanol–water partition coefficient (Wildman–Crippen LogP) is 4.69. The smallest absolute Gasteiger partial charge is 0.416 e. The Hall–Kier alpha value is -4.06. The van der Waals surface area contributed by atoms with E-state index in [-0.39, 0.29) is 28.1 Å². The summed E-state index contributed by atoms with van der Waals surface area (Å²) in [6, 6.07) is 11.3. The van der Waals surface area contributed by atoms with E-state index >= 15 is 0 Å². The van der Waals surface area contributed by atoms with Crippen LogP contribution in [0.1, 0.15) is 31.8 Å². The van der Waals surface area contributed by atoms with Crippen LogP contribution in [0.3, 0.4) is 0 Å². The second-order valence-corrected chi connectivity index (χ2v) is 6.24. The number of methoxy groups -OCH3 is 1. The summed E-state index contributed by atoms with van der Waals surface area (Å²) < 4.78 is 43.6. The third-order valence-corrected chi connectivity index (χ3v) is 4.37. The van der Waals surface area contributed by atoms with E-state index < -0.39 is 23.6 Å². The summed E-state index contributed by atoms with van der Waals surface area (Å²) in [5.74, 6) is -1.95. The fourth-order valence-electron chi connectivity index (χ4n) is 2.87. The highest BCUT2D eigenvalue weighted by Gasteiger charge is 2.30. The summed E-state index contributed by atoms with van der Waals surface area (Å²) in [5, 5.41) is 21.6. The number of benzene rings is 3. The van der Waals surface area contributed by atoms with Crippen molar-refractivity contribution in [3.63, 3.8) is 0 Å².